The van der Waals surface area contributed by atoms with E-state index in [1.807, 2.05) is 18.2 Å². The van der Waals surface area contributed by atoms with Crippen LogP contribution in [-0.4, -0.2) is 28.2 Å². The van der Waals surface area contributed by atoms with Gasteiger partial charge in [0.2, 0.25) is 11.8 Å². The van der Waals surface area contributed by atoms with E-state index in [2.05, 4.69) is 10.3 Å². The van der Waals surface area contributed by atoms with Crippen molar-refractivity contribution in [2.45, 2.75) is 26.4 Å². The highest BCUT2D eigenvalue weighted by Crippen LogP contribution is 2.06. The van der Waals surface area contributed by atoms with E-state index in [1.165, 1.54) is 6.92 Å². The Labute approximate surface area is 129 Å². The van der Waals surface area contributed by atoms with E-state index in [1.54, 1.807) is 29.5 Å². The molecular weight excluding hydrogens is 282 g/mol. The SMILES string of the molecule is CC(=O)N(CCC(=O)NCc1ccccn1)Cc1ccco1. The van der Waals surface area contributed by atoms with Gasteiger partial charge < -0.3 is 14.6 Å². The van der Waals surface area contributed by atoms with Crippen LogP contribution in [0.25, 0.3) is 0 Å². The van der Waals surface area contributed by atoms with Crippen molar-refractivity contribution in [1.29, 1.82) is 0 Å². The second-order valence-electron chi connectivity index (χ2n) is 4.87. The van der Waals surface area contributed by atoms with Crippen molar-refractivity contribution >= 4 is 11.8 Å². The first-order valence-electron chi connectivity index (χ1n) is 7.09. The van der Waals surface area contributed by atoms with Crippen molar-refractivity contribution in [3.8, 4) is 0 Å². The highest BCUT2D eigenvalue weighted by molar-refractivity contribution is 5.77. The molecular formula is C16H19N3O3. The highest BCUT2D eigenvalue weighted by Gasteiger charge is 2.13. The molecule has 0 aliphatic rings. The number of carbonyl (C=O) groups excluding carboxylic acids is 2. The number of rotatable bonds is 7. The standard InChI is InChI=1S/C16H19N3O3/c1-13(20)19(12-15-6-4-10-22-15)9-7-16(21)18-11-14-5-2-3-8-17-14/h2-6,8,10H,7,9,11-12H2,1H3,(H,18,21). The Hall–Kier alpha value is -2.63. The minimum absolute atomic E-state index is 0.0890. The molecule has 2 heterocycles. The number of hydrogen-bond acceptors (Lipinski definition) is 4. The average molecular weight is 301 g/mol. The van der Waals surface area contributed by atoms with Crippen molar-refractivity contribution in [1.82, 2.24) is 15.2 Å². The largest absolute Gasteiger partial charge is 0.467 e. The predicted molar refractivity (Wildman–Crippen MR) is 80.5 cm³/mol. The van der Waals surface area contributed by atoms with Crippen LogP contribution in [0, 0.1) is 0 Å². The number of furan rings is 1. The lowest BCUT2D eigenvalue weighted by Gasteiger charge is -2.19. The van der Waals surface area contributed by atoms with Crippen LogP contribution in [-0.2, 0) is 22.7 Å². The fourth-order valence-corrected chi connectivity index (χ4v) is 1.96. The van der Waals surface area contributed by atoms with Crippen molar-refractivity contribution in [2.75, 3.05) is 6.54 Å². The fourth-order valence-electron chi connectivity index (χ4n) is 1.96. The molecule has 6 nitrogen and oxygen atoms in total. The van der Waals surface area contributed by atoms with Crippen molar-refractivity contribution in [3.63, 3.8) is 0 Å². The summed E-state index contributed by atoms with van der Waals surface area (Å²) in [5.41, 5.74) is 0.801. The van der Waals surface area contributed by atoms with Crippen LogP contribution in [0.2, 0.25) is 0 Å². The molecule has 2 aromatic rings. The molecule has 2 rings (SSSR count). The maximum absolute atomic E-state index is 11.8. The topological polar surface area (TPSA) is 75.4 Å². The summed E-state index contributed by atoms with van der Waals surface area (Å²) in [6.07, 6.45) is 3.49. The molecule has 0 radical (unpaired) electrons. The Bertz CT molecular complexity index is 596. The van der Waals surface area contributed by atoms with E-state index < -0.39 is 0 Å². The van der Waals surface area contributed by atoms with Crippen LogP contribution in [0.3, 0.4) is 0 Å². The van der Waals surface area contributed by atoms with E-state index >= 15 is 0 Å². The lowest BCUT2D eigenvalue weighted by atomic mass is 10.3. The zero-order valence-electron chi connectivity index (χ0n) is 12.5. The minimum Gasteiger partial charge on any atom is -0.467 e. The predicted octanol–water partition coefficient (Wildman–Crippen LogP) is 1.73. The van der Waals surface area contributed by atoms with Gasteiger partial charge in [-0.15, -0.1) is 0 Å². The molecule has 0 saturated heterocycles. The van der Waals surface area contributed by atoms with Crippen LogP contribution >= 0.6 is 0 Å². The second-order valence-corrected chi connectivity index (χ2v) is 4.87. The number of aromatic nitrogens is 1. The van der Waals surface area contributed by atoms with E-state index in [4.69, 9.17) is 4.42 Å². The van der Waals surface area contributed by atoms with Gasteiger partial charge in [0.15, 0.2) is 0 Å². The summed E-state index contributed by atoms with van der Waals surface area (Å²) < 4.78 is 5.22. The molecule has 6 heteroatoms. The van der Waals surface area contributed by atoms with Gasteiger partial charge in [0.05, 0.1) is 25.0 Å². The maximum Gasteiger partial charge on any atom is 0.222 e. The number of carbonyl (C=O) groups is 2. The molecule has 0 unspecified atom stereocenters. The summed E-state index contributed by atoms with van der Waals surface area (Å²) in [7, 11) is 0. The monoisotopic (exact) mass is 301 g/mol. The van der Waals surface area contributed by atoms with Crippen LogP contribution < -0.4 is 5.32 Å². The van der Waals surface area contributed by atoms with Crippen LogP contribution in [0.1, 0.15) is 24.8 Å². The zero-order chi connectivity index (χ0) is 15.8. The number of amides is 2. The maximum atomic E-state index is 11.8. The zero-order valence-corrected chi connectivity index (χ0v) is 12.5. The summed E-state index contributed by atoms with van der Waals surface area (Å²) in [4.78, 5) is 29.2. The molecule has 0 aliphatic carbocycles. The number of hydrogen-bond donors (Lipinski definition) is 1. The normalized spacial score (nSPS) is 10.2. The van der Waals surface area contributed by atoms with Gasteiger partial charge in [0, 0.05) is 26.1 Å². The third kappa shape index (κ3) is 5.05. The Morgan fingerprint density at radius 2 is 2.14 bits per heavy atom. The molecule has 0 bridgehead atoms. The van der Waals surface area contributed by atoms with Crippen molar-refractivity contribution in [2.24, 2.45) is 0 Å². The van der Waals surface area contributed by atoms with Gasteiger partial charge in [0.1, 0.15) is 5.76 Å². The molecule has 1 N–H and O–H groups in total. The summed E-state index contributed by atoms with van der Waals surface area (Å²) in [6, 6.07) is 9.11. The van der Waals surface area contributed by atoms with Gasteiger partial charge >= 0.3 is 0 Å². The molecule has 22 heavy (non-hydrogen) atoms. The van der Waals surface area contributed by atoms with Gasteiger partial charge in [0.25, 0.3) is 0 Å². The number of nitrogens with one attached hydrogen (secondary N) is 1. The van der Waals surface area contributed by atoms with Gasteiger partial charge in [-0.1, -0.05) is 6.07 Å². The smallest absolute Gasteiger partial charge is 0.222 e. The van der Waals surface area contributed by atoms with Gasteiger partial charge in [-0.05, 0) is 24.3 Å². The second kappa shape index (κ2) is 7.97. The molecule has 2 amide bonds. The summed E-state index contributed by atoms with van der Waals surface area (Å²) >= 11 is 0. The third-order valence-corrected chi connectivity index (χ3v) is 3.17. The molecule has 0 spiro atoms. The average Bonchev–Trinajstić information content (AvgIpc) is 3.03. The quantitative estimate of drug-likeness (QED) is 0.845. The molecule has 0 aliphatic heterocycles. The van der Waals surface area contributed by atoms with E-state index in [0.717, 1.165) is 5.69 Å². The Morgan fingerprint density at radius 3 is 2.77 bits per heavy atom. The Morgan fingerprint density at radius 1 is 1.27 bits per heavy atom. The molecule has 2 aromatic heterocycles. The first kappa shape index (κ1) is 15.8. The molecule has 0 saturated carbocycles. The summed E-state index contributed by atoms with van der Waals surface area (Å²) in [5, 5.41) is 2.79. The van der Waals surface area contributed by atoms with Crippen LogP contribution in [0.15, 0.2) is 47.2 Å². The molecule has 116 valence electrons. The lowest BCUT2D eigenvalue weighted by Crippen LogP contribution is -2.33. The summed E-state index contributed by atoms with van der Waals surface area (Å²) in [6.45, 7) is 2.59. The van der Waals surface area contributed by atoms with Gasteiger partial charge in [-0.2, -0.15) is 0 Å². The fraction of sp³-hybridized carbons (Fsp3) is 0.312. The van der Waals surface area contributed by atoms with E-state index in [-0.39, 0.29) is 18.2 Å². The Balaban J connectivity index is 1.76. The van der Waals surface area contributed by atoms with Gasteiger partial charge in [-0.25, -0.2) is 0 Å². The third-order valence-electron chi connectivity index (χ3n) is 3.17. The van der Waals surface area contributed by atoms with Crippen molar-refractivity contribution < 1.29 is 14.0 Å². The minimum atomic E-state index is -0.114. The van der Waals surface area contributed by atoms with Gasteiger partial charge in [-0.3, -0.25) is 14.6 Å². The van der Waals surface area contributed by atoms with Crippen LogP contribution in [0.5, 0.6) is 0 Å². The van der Waals surface area contributed by atoms with E-state index in [9.17, 15) is 9.59 Å². The summed E-state index contributed by atoms with van der Waals surface area (Å²) in [5.74, 6) is 0.495. The van der Waals surface area contributed by atoms with Crippen LogP contribution in [0.4, 0.5) is 0 Å². The number of nitrogens with zero attached hydrogens (tertiary/aromatic N) is 2. The Kier molecular flexibility index (Phi) is 5.71. The highest BCUT2D eigenvalue weighted by atomic mass is 16.3. The molecule has 0 aromatic carbocycles. The number of pyridine rings is 1. The molecule has 0 atom stereocenters. The van der Waals surface area contributed by atoms with E-state index in [0.29, 0.717) is 25.4 Å². The molecule has 0 fully saturated rings. The first-order chi connectivity index (χ1) is 10.6. The van der Waals surface area contributed by atoms with Crippen molar-refractivity contribution in [3.05, 3.63) is 54.2 Å². The lowest BCUT2D eigenvalue weighted by molar-refractivity contribution is -0.130. The first-order valence-corrected chi connectivity index (χ1v) is 7.09.